The van der Waals surface area contributed by atoms with Crippen molar-refractivity contribution in [3.8, 4) is 50.2 Å². The monoisotopic (exact) mass is 717 g/mol. The molecule has 0 unspecified atom stereocenters. The number of para-hydroxylation sites is 2. The maximum atomic E-state index is 6.26. The maximum absolute atomic E-state index is 6.26. The zero-order chi connectivity index (χ0) is 37.6. The molecular formula is C54H39NO. The standard InChI is InChI=1S/C52H33NO.C2H6/c1-3-12-34(13-4-1)36-22-24-37(25-23-36)41-30-40(35-14-5-2-6-15-35)31-42(32-41)53-48-28-26-38-16-7-8-17-43(38)51(48)46-20-11-19-44(52(46)53)39-27-29-50-47(33-39)45-18-9-10-21-49(45)54-50;1-2/h1-33H;1-2H3. The second-order valence-electron chi connectivity index (χ2n) is 14.1. The quantitative estimate of drug-likeness (QED) is 0.173. The zero-order valence-corrected chi connectivity index (χ0v) is 31.4. The molecule has 11 rings (SSSR count). The molecule has 2 aromatic heterocycles. The van der Waals surface area contributed by atoms with E-state index < -0.39 is 0 Å². The van der Waals surface area contributed by atoms with E-state index in [1.165, 1.54) is 71.5 Å². The molecule has 0 atom stereocenters. The van der Waals surface area contributed by atoms with Crippen LogP contribution in [-0.4, -0.2) is 4.57 Å². The average molecular weight is 718 g/mol. The highest BCUT2D eigenvalue weighted by molar-refractivity contribution is 6.23. The molecule has 2 nitrogen and oxygen atoms in total. The van der Waals surface area contributed by atoms with Crippen LogP contribution in [0.15, 0.2) is 205 Å². The molecule has 0 saturated carbocycles. The van der Waals surface area contributed by atoms with Crippen LogP contribution in [0, 0.1) is 0 Å². The summed E-state index contributed by atoms with van der Waals surface area (Å²) in [6.45, 7) is 4.00. The van der Waals surface area contributed by atoms with Crippen LogP contribution in [0.2, 0.25) is 0 Å². The van der Waals surface area contributed by atoms with Crippen molar-refractivity contribution in [1.29, 1.82) is 0 Å². The SMILES string of the molecule is CC.c1ccc(-c2ccc(-c3cc(-c4ccccc4)cc(-n4c5ccc6ccccc6c5c5cccc(-c6ccc7oc8ccccc8c7c6)c54)c3)cc2)cc1. The lowest BCUT2D eigenvalue weighted by atomic mass is 9.96. The lowest BCUT2D eigenvalue weighted by molar-refractivity contribution is 0.669. The lowest BCUT2D eigenvalue weighted by Gasteiger charge is -2.16. The summed E-state index contributed by atoms with van der Waals surface area (Å²) >= 11 is 0. The van der Waals surface area contributed by atoms with E-state index in [0.29, 0.717) is 0 Å². The third kappa shape index (κ3) is 5.58. The van der Waals surface area contributed by atoms with Crippen molar-refractivity contribution in [1.82, 2.24) is 4.57 Å². The Morgan fingerprint density at radius 2 is 0.911 bits per heavy atom. The minimum Gasteiger partial charge on any atom is -0.456 e. The molecule has 0 saturated heterocycles. The van der Waals surface area contributed by atoms with Crippen molar-refractivity contribution < 1.29 is 4.42 Å². The second-order valence-corrected chi connectivity index (χ2v) is 14.1. The molecule has 0 N–H and O–H groups in total. The Hall–Kier alpha value is -7.16. The Labute approximate surface area is 326 Å². The van der Waals surface area contributed by atoms with Gasteiger partial charge in [-0.3, -0.25) is 0 Å². The molecule has 0 aliphatic rings. The molecule has 0 amide bonds. The molecule has 2 heterocycles. The number of rotatable bonds is 5. The molecule has 9 aromatic carbocycles. The van der Waals surface area contributed by atoms with Crippen LogP contribution in [-0.2, 0) is 0 Å². The molecule has 0 aliphatic heterocycles. The molecule has 56 heavy (non-hydrogen) atoms. The van der Waals surface area contributed by atoms with Gasteiger partial charge in [0.2, 0.25) is 0 Å². The summed E-state index contributed by atoms with van der Waals surface area (Å²) in [5.74, 6) is 0. The molecular weight excluding hydrogens is 679 g/mol. The summed E-state index contributed by atoms with van der Waals surface area (Å²) in [5.41, 5.74) is 14.8. The third-order valence-corrected chi connectivity index (χ3v) is 11.0. The lowest BCUT2D eigenvalue weighted by Crippen LogP contribution is -1.97. The van der Waals surface area contributed by atoms with Gasteiger partial charge in [-0.1, -0.05) is 172 Å². The number of nitrogens with zero attached hydrogens (tertiary/aromatic N) is 1. The normalized spacial score (nSPS) is 11.4. The van der Waals surface area contributed by atoms with Crippen molar-refractivity contribution in [2.24, 2.45) is 0 Å². The van der Waals surface area contributed by atoms with Gasteiger partial charge in [-0.15, -0.1) is 0 Å². The van der Waals surface area contributed by atoms with Crippen LogP contribution in [0.25, 0.3) is 105 Å². The number of benzene rings is 9. The molecule has 0 radical (unpaired) electrons. The van der Waals surface area contributed by atoms with Crippen LogP contribution in [0.3, 0.4) is 0 Å². The fourth-order valence-electron chi connectivity index (χ4n) is 8.42. The zero-order valence-electron chi connectivity index (χ0n) is 31.4. The highest BCUT2D eigenvalue weighted by atomic mass is 16.3. The predicted octanol–water partition coefficient (Wildman–Crippen LogP) is 15.5. The van der Waals surface area contributed by atoms with Gasteiger partial charge in [0.15, 0.2) is 0 Å². The van der Waals surface area contributed by atoms with Crippen molar-refractivity contribution in [2.45, 2.75) is 13.8 Å². The van der Waals surface area contributed by atoms with E-state index in [-0.39, 0.29) is 0 Å². The second kappa shape index (κ2) is 13.9. The van der Waals surface area contributed by atoms with Gasteiger partial charge in [-0.2, -0.15) is 0 Å². The first-order valence-corrected chi connectivity index (χ1v) is 19.5. The highest BCUT2D eigenvalue weighted by Gasteiger charge is 2.20. The van der Waals surface area contributed by atoms with Crippen LogP contribution < -0.4 is 0 Å². The molecule has 0 aliphatic carbocycles. The number of hydrogen-bond acceptors (Lipinski definition) is 1. The van der Waals surface area contributed by atoms with Crippen molar-refractivity contribution in [2.75, 3.05) is 0 Å². The third-order valence-electron chi connectivity index (χ3n) is 11.0. The summed E-state index contributed by atoms with van der Waals surface area (Å²) in [5, 5.41) is 7.24. The Morgan fingerprint density at radius 3 is 1.64 bits per heavy atom. The molecule has 266 valence electrons. The summed E-state index contributed by atoms with van der Waals surface area (Å²) in [6, 6.07) is 72.4. The Morgan fingerprint density at radius 1 is 0.357 bits per heavy atom. The number of hydrogen-bond donors (Lipinski definition) is 0. The number of fused-ring (bicyclic) bond motifs is 8. The highest BCUT2D eigenvalue weighted by Crippen LogP contribution is 2.43. The number of aromatic nitrogens is 1. The van der Waals surface area contributed by atoms with Gasteiger partial charge in [0.1, 0.15) is 11.2 Å². The van der Waals surface area contributed by atoms with E-state index in [9.17, 15) is 0 Å². The topological polar surface area (TPSA) is 18.1 Å². The van der Waals surface area contributed by atoms with E-state index in [0.717, 1.165) is 33.2 Å². The molecule has 0 fully saturated rings. The van der Waals surface area contributed by atoms with Crippen LogP contribution >= 0.6 is 0 Å². The predicted molar refractivity (Wildman–Crippen MR) is 239 cm³/mol. The Balaban J connectivity index is 0.00000189. The van der Waals surface area contributed by atoms with Gasteiger partial charge in [-0.05, 0) is 92.2 Å². The summed E-state index contributed by atoms with van der Waals surface area (Å²) < 4.78 is 8.76. The molecule has 2 heteroatoms. The first-order chi connectivity index (χ1) is 27.8. The number of furan rings is 1. The first-order valence-electron chi connectivity index (χ1n) is 19.5. The summed E-state index contributed by atoms with van der Waals surface area (Å²) in [7, 11) is 0. The molecule has 0 spiro atoms. The maximum Gasteiger partial charge on any atom is 0.135 e. The van der Waals surface area contributed by atoms with Gasteiger partial charge in [0.25, 0.3) is 0 Å². The van der Waals surface area contributed by atoms with Gasteiger partial charge < -0.3 is 8.98 Å². The smallest absolute Gasteiger partial charge is 0.135 e. The van der Waals surface area contributed by atoms with E-state index in [1.807, 2.05) is 26.0 Å². The summed E-state index contributed by atoms with van der Waals surface area (Å²) in [4.78, 5) is 0. The van der Waals surface area contributed by atoms with Crippen molar-refractivity contribution in [3.63, 3.8) is 0 Å². The van der Waals surface area contributed by atoms with Crippen molar-refractivity contribution >= 4 is 54.5 Å². The van der Waals surface area contributed by atoms with E-state index in [1.54, 1.807) is 0 Å². The minimum absolute atomic E-state index is 0.900. The van der Waals surface area contributed by atoms with Crippen LogP contribution in [0.4, 0.5) is 0 Å². The van der Waals surface area contributed by atoms with E-state index in [4.69, 9.17) is 4.42 Å². The van der Waals surface area contributed by atoms with Crippen LogP contribution in [0.1, 0.15) is 13.8 Å². The first kappa shape index (κ1) is 33.4. The van der Waals surface area contributed by atoms with Gasteiger partial charge in [0, 0.05) is 32.8 Å². The molecule has 0 bridgehead atoms. The largest absolute Gasteiger partial charge is 0.456 e. The Kier molecular flexibility index (Phi) is 8.30. The fourth-order valence-corrected chi connectivity index (χ4v) is 8.42. The fraction of sp³-hybridized carbons (Fsp3) is 0.0370. The summed E-state index contributed by atoms with van der Waals surface area (Å²) in [6.07, 6.45) is 0. The van der Waals surface area contributed by atoms with E-state index in [2.05, 4.69) is 193 Å². The van der Waals surface area contributed by atoms with Crippen LogP contribution in [0.5, 0.6) is 0 Å². The van der Waals surface area contributed by atoms with Gasteiger partial charge in [-0.25, -0.2) is 0 Å². The van der Waals surface area contributed by atoms with Gasteiger partial charge >= 0.3 is 0 Å². The van der Waals surface area contributed by atoms with E-state index >= 15 is 0 Å². The van der Waals surface area contributed by atoms with Gasteiger partial charge in [0.05, 0.1) is 11.0 Å². The molecule has 11 aromatic rings. The average Bonchev–Trinajstić information content (AvgIpc) is 3.83. The Bertz CT molecular complexity index is 3190. The minimum atomic E-state index is 0.900. The van der Waals surface area contributed by atoms with Crippen molar-refractivity contribution in [3.05, 3.63) is 200 Å².